The molecule has 2 aliphatic rings. The number of nitrogens with zero attached hydrogens (tertiary/aromatic N) is 1. The zero-order valence-corrected chi connectivity index (χ0v) is 14.7. The first kappa shape index (κ1) is 20.3. The zero-order chi connectivity index (χ0) is 14.7. The maximum atomic E-state index is 10.3. The SMILES string of the molecule is Cl.Cl.Oc1ccc(O)c([C@H](C2CCOCC2)N2CCNCC2)c1. The Morgan fingerprint density at radius 3 is 2.39 bits per heavy atom. The summed E-state index contributed by atoms with van der Waals surface area (Å²) in [6, 6.07) is 5.01. The Morgan fingerprint density at radius 1 is 1.09 bits per heavy atom. The third kappa shape index (κ3) is 4.88. The number of hydrogen-bond acceptors (Lipinski definition) is 5. The van der Waals surface area contributed by atoms with Crippen LogP contribution >= 0.6 is 24.8 Å². The molecule has 2 fully saturated rings. The van der Waals surface area contributed by atoms with Gasteiger partial charge in [0.15, 0.2) is 0 Å². The topological polar surface area (TPSA) is 65.0 Å². The molecule has 1 aromatic carbocycles. The van der Waals surface area contributed by atoms with Crippen molar-refractivity contribution < 1.29 is 14.9 Å². The molecule has 7 heteroatoms. The zero-order valence-electron chi connectivity index (χ0n) is 13.1. The molecule has 2 aliphatic heterocycles. The normalized spacial score (nSPS) is 21.0. The van der Waals surface area contributed by atoms with E-state index in [-0.39, 0.29) is 42.4 Å². The number of phenolic OH excluding ortho intramolecular Hbond substituents is 2. The number of aromatic hydroxyl groups is 2. The molecule has 0 aromatic heterocycles. The molecule has 2 saturated heterocycles. The van der Waals surface area contributed by atoms with Crippen LogP contribution in [-0.2, 0) is 4.74 Å². The summed E-state index contributed by atoms with van der Waals surface area (Å²) in [5.41, 5.74) is 0.851. The van der Waals surface area contributed by atoms with Crippen LogP contribution in [0.5, 0.6) is 11.5 Å². The van der Waals surface area contributed by atoms with Crippen molar-refractivity contribution >= 4 is 24.8 Å². The predicted molar refractivity (Wildman–Crippen MR) is 95.0 cm³/mol. The lowest BCUT2D eigenvalue weighted by Crippen LogP contribution is -2.47. The van der Waals surface area contributed by atoms with Gasteiger partial charge in [-0.1, -0.05) is 0 Å². The number of halogens is 2. The Labute approximate surface area is 149 Å². The fourth-order valence-corrected chi connectivity index (χ4v) is 3.52. The Balaban J connectivity index is 0.00000132. The minimum atomic E-state index is 0. The second-order valence-corrected chi connectivity index (χ2v) is 5.92. The predicted octanol–water partition coefficient (Wildman–Crippen LogP) is 2.31. The largest absolute Gasteiger partial charge is 0.508 e. The van der Waals surface area contributed by atoms with Crippen molar-refractivity contribution in [3.8, 4) is 11.5 Å². The molecule has 1 atom stereocenters. The van der Waals surface area contributed by atoms with Gasteiger partial charge < -0.3 is 20.3 Å². The maximum absolute atomic E-state index is 10.3. The fraction of sp³-hybridized carbons (Fsp3) is 0.625. The van der Waals surface area contributed by atoms with Crippen LogP contribution in [0.4, 0.5) is 0 Å². The molecule has 1 aromatic rings. The first-order valence-electron chi connectivity index (χ1n) is 7.80. The molecule has 0 radical (unpaired) electrons. The van der Waals surface area contributed by atoms with Gasteiger partial charge in [0.05, 0.1) is 0 Å². The number of ether oxygens (including phenoxy) is 1. The van der Waals surface area contributed by atoms with Gasteiger partial charge in [0.2, 0.25) is 0 Å². The van der Waals surface area contributed by atoms with E-state index in [1.807, 2.05) is 0 Å². The second-order valence-electron chi connectivity index (χ2n) is 5.92. The van der Waals surface area contributed by atoms with Gasteiger partial charge in [0.25, 0.3) is 0 Å². The smallest absolute Gasteiger partial charge is 0.120 e. The highest BCUT2D eigenvalue weighted by molar-refractivity contribution is 5.85. The summed E-state index contributed by atoms with van der Waals surface area (Å²) in [6.45, 7) is 5.45. The van der Waals surface area contributed by atoms with Crippen molar-refractivity contribution in [2.45, 2.75) is 18.9 Å². The van der Waals surface area contributed by atoms with Crippen LogP contribution < -0.4 is 5.32 Å². The van der Waals surface area contributed by atoms with Crippen LogP contribution in [0.2, 0.25) is 0 Å². The van der Waals surface area contributed by atoms with Crippen molar-refractivity contribution in [1.29, 1.82) is 0 Å². The van der Waals surface area contributed by atoms with Crippen LogP contribution in [0.15, 0.2) is 18.2 Å². The highest BCUT2D eigenvalue weighted by Gasteiger charge is 2.33. The maximum Gasteiger partial charge on any atom is 0.120 e. The number of hydrogen-bond donors (Lipinski definition) is 3. The number of nitrogens with one attached hydrogen (secondary N) is 1. The molecule has 0 amide bonds. The van der Waals surface area contributed by atoms with E-state index < -0.39 is 0 Å². The lowest BCUT2D eigenvalue weighted by molar-refractivity contribution is 0.0206. The molecule has 3 rings (SSSR count). The summed E-state index contributed by atoms with van der Waals surface area (Å²) >= 11 is 0. The second kappa shape index (κ2) is 9.55. The Hall–Kier alpha value is -0.720. The molecule has 23 heavy (non-hydrogen) atoms. The van der Waals surface area contributed by atoms with E-state index in [9.17, 15) is 10.2 Å². The summed E-state index contributed by atoms with van der Waals surface area (Å²) in [6.07, 6.45) is 2.01. The van der Waals surface area contributed by atoms with E-state index >= 15 is 0 Å². The van der Waals surface area contributed by atoms with Gasteiger partial charge in [0.1, 0.15) is 11.5 Å². The van der Waals surface area contributed by atoms with E-state index in [1.54, 1.807) is 12.1 Å². The van der Waals surface area contributed by atoms with Gasteiger partial charge in [0, 0.05) is 51.0 Å². The third-order valence-corrected chi connectivity index (χ3v) is 4.59. The highest BCUT2D eigenvalue weighted by Crippen LogP contribution is 2.40. The molecule has 132 valence electrons. The summed E-state index contributed by atoms with van der Waals surface area (Å²) in [4.78, 5) is 2.43. The van der Waals surface area contributed by atoms with E-state index in [0.29, 0.717) is 5.92 Å². The standard InChI is InChI=1S/C16H24N2O3.2ClH/c19-13-1-2-15(20)14(11-13)16(12-3-9-21-10-4-12)18-7-5-17-6-8-18;;/h1-2,11-12,16-17,19-20H,3-10H2;2*1H/t16-;;/m0../s1. The molecule has 0 unspecified atom stereocenters. The van der Waals surface area contributed by atoms with Gasteiger partial charge in [-0.05, 0) is 37.0 Å². The Kier molecular flexibility index (Phi) is 8.44. The number of phenols is 2. The molecule has 0 bridgehead atoms. The summed E-state index contributed by atoms with van der Waals surface area (Å²) in [5.74, 6) is 0.961. The first-order valence-corrected chi connectivity index (χ1v) is 7.80. The number of piperazine rings is 1. The molecule has 0 saturated carbocycles. The van der Waals surface area contributed by atoms with Gasteiger partial charge in [-0.25, -0.2) is 0 Å². The van der Waals surface area contributed by atoms with Gasteiger partial charge in [-0.2, -0.15) is 0 Å². The van der Waals surface area contributed by atoms with Crippen LogP contribution in [-0.4, -0.2) is 54.5 Å². The van der Waals surface area contributed by atoms with Crippen molar-refractivity contribution in [1.82, 2.24) is 10.2 Å². The summed E-state index contributed by atoms with van der Waals surface area (Å²) in [7, 11) is 0. The van der Waals surface area contributed by atoms with Crippen LogP contribution in [0.3, 0.4) is 0 Å². The Morgan fingerprint density at radius 2 is 1.74 bits per heavy atom. The summed E-state index contributed by atoms with van der Waals surface area (Å²) in [5, 5.41) is 23.5. The van der Waals surface area contributed by atoms with Gasteiger partial charge in [-0.15, -0.1) is 24.8 Å². The van der Waals surface area contributed by atoms with Crippen molar-refractivity contribution in [2.75, 3.05) is 39.4 Å². The minimum absolute atomic E-state index is 0. The number of rotatable bonds is 3. The van der Waals surface area contributed by atoms with Crippen LogP contribution in [0.1, 0.15) is 24.4 Å². The molecule has 0 spiro atoms. The lowest BCUT2D eigenvalue weighted by Gasteiger charge is -2.41. The monoisotopic (exact) mass is 364 g/mol. The number of benzene rings is 1. The Bertz CT molecular complexity index is 460. The third-order valence-electron chi connectivity index (χ3n) is 4.59. The van der Waals surface area contributed by atoms with E-state index in [2.05, 4.69) is 10.2 Å². The highest BCUT2D eigenvalue weighted by atomic mass is 35.5. The molecular formula is C16H26Cl2N2O3. The minimum Gasteiger partial charge on any atom is -0.508 e. The molecule has 3 N–H and O–H groups in total. The molecule has 2 heterocycles. The quantitative estimate of drug-likeness (QED) is 0.718. The van der Waals surface area contributed by atoms with Crippen molar-refractivity contribution in [3.05, 3.63) is 23.8 Å². The van der Waals surface area contributed by atoms with E-state index in [1.165, 1.54) is 6.07 Å². The average molecular weight is 365 g/mol. The first-order chi connectivity index (χ1) is 10.3. The summed E-state index contributed by atoms with van der Waals surface area (Å²) < 4.78 is 5.48. The molecule has 0 aliphatic carbocycles. The molecular weight excluding hydrogens is 339 g/mol. The average Bonchev–Trinajstić information content (AvgIpc) is 2.53. The van der Waals surface area contributed by atoms with Crippen LogP contribution in [0.25, 0.3) is 0 Å². The fourth-order valence-electron chi connectivity index (χ4n) is 3.52. The lowest BCUT2D eigenvalue weighted by atomic mass is 9.85. The van der Waals surface area contributed by atoms with Crippen molar-refractivity contribution in [2.24, 2.45) is 5.92 Å². The van der Waals surface area contributed by atoms with Gasteiger partial charge in [-0.3, -0.25) is 4.90 Å². The van der Waals surface area contributed by atoms with Gasteiger partial charge >= 0.3 is 0 Å². The van der Waals surface area contributed by atoms with Crippen LogP contribution in [0, 0.1) is 5.92 Å². The van der Waals surface area contributed by atoms with E-state index in [4.69, 9.17) is 4.74 Å². The molecule has 5 nitrogen and oxygen atoms in total. The van der Waals surface area contributed by atoms with E-state index in [0.717, 1.165) is 57.8 Å². The van der Waals surface area contributed by atoms with Crippen molar-refractivity contribution in [3.63, 3.8) is 0 Å².